The summed E-state index contributed by atoms with van der Waals surface area (Å²) in [7, 11) is 0. The predicted octanol–water partition coefficient (Wildman–Crippen LogP) is 0.567. The molecule has 1 aliphatic rings. The zero-order valence-electron chi connectivity index (χ0n) is 5.63. The van der Waals surface area contributed by atoms with Crippen LogP contribution in [0.2, 0.25) is 0 Å². The molecule has 0 aromatic carbocycles. The monoisotopic (exact) mass is 135 g/mol. The zero-order chi connectivity index (χ0) is 7.56. The third-order valence-electron chi connectivity index (χ3n) is 1.36. The highest BCUT2D eigenvalue weighted by atomic mass is 16.1. The minimum atomic E-state index is -0.0304. The Labute approximate surface area is 59.7 Å². The molecule has 2 nitrogen and oxygen atoms in total. The second kappa shape index (κ2) is 2.62. The lowest BCUT2D eigenvalue weighted by Gasteiger charge is -2.03. The topological polar surface area (TPSA) is 43.1 Å². The maximum Gasteiger partial charge on any atom is 0.185 e. The van der Waals surface area contributed by atoms with Crippen LogP contribution in [-0.2, 0) is 4.79 Å². The minimum absolute atomic E-state index is 0.0304. The molecule has 1 rings (SSSR count). The van der Waals surface area contributed by atoms with Gasteiger partial charge in [-0.2, -0.15) is 0 Å². The van der Waals surface area contributed by atoms with E-state index in [1.165, 1.54) is 6.08 Å². The van der Waals surface area contributed by atoms with E-state index in [1.807, 2.05) is 0 Å². The van der Waals surface area contributed by atoms with Gasteiger partial charge in [-0.05, 0) is 17.7 Å². The van der Waals surface area contributed by atoms with Gasteiger partial charge in [-0.25, -0.2) is 0 Å². The highest BCUT2D eigenvalue weighted by Gasteiger charge is 2.05. The molecular weight excluding hydrogens is 126 g/mol. The number of carbonyl (C=O) groups excluding carboxylic acids is 1. The van der Waals surface area contributed by atoms with Crippen molar-refractivity contribution in [2.45, 2.75) is 0 Å². The van der Waals surface area contributed by atoms with Crippen molar-refractivity contribution in [3.63, 3.8) is 0 Å². The molecule has 0 unspecified atom stereocenters. The second-order valence-corrected chi connectivity index (χ2v) is 2.15. The normalized spacial score (nSPS) is 17.5. The van der Waals surface area contributed by atoms with Gasteiger partial charge in [0.2, 0.25) is 0 Å². The van der Waals surface area contributed by atoms with Crippen LogP contribution >= 0.6 is 0 Å². The van der Waals surface area contributed by atoms with Crippen molar-refractivity contribution in [3.8, 4) is 0 Å². The molecule has 1 aliphatic carbocycles. The average Bonchev–Trinajstić information content (AvgIpc) is 1.95. The molecule has 52 valence electrons. The summed E-state index contributed by atoms with van der Waals surface area (Å²) in [6.07, 6.45) is 4.92. The molecule has 0 saturated carbocycles. The summed E-state index contributed by atoms with van der Waals surface area (Å²) in [5.74, 6) is -0.0304. The Morgan fingerprint density at radius 1 is 1.50 bits per heavy atom. The number of carbonyl (C=O) groups is 1. The number of ketones is 1. The van der Waals surface area contributed by atoms with Crippen LogP contribution < -0.4 is 5.73 Å². The molecule has 2 heteroatoms. The fourth-order valence-corrected chi connectivity index (χ4v) is 0.760. The Morgan fingerprint density at radius 2 is 2.20 bits per heavy atom. The third-order valence-corrected chi connectivity index (χ3v) is 1.36. The van der Waals surface area contributed by atoms with Gasteiger partial charge in [0, 0.05) is 12.1 Å². The van der Waals surface area contributed by atoms with E-state index < -0.39 is 0 Å². The maximum absolute atomic E-state index is 10.8. The lowest BCUT2D eigenvalue weighted by Crippen LogP contribution is -2.07. The Hall–Kier alpha value is -1.15. The molecule has 0 aromatic rings. The van der Waals surface area contributed by atoms with Gasteiger partial charge in [0.05, 0.1) is 0 Å². The fourth-order valence-electron chi connectivity index (χ4n) is 0.760. The fraction of sp³-hybridized carbons (Fsp3) is 0.125. The minimum Gasteiger partial charge on any atom is -0.326 e. The summed E-state index contributed by atoms with van der Waals surface area (Å²) >= 11 is 0. The van der Waals surface area contributed by atoms with Crippen LogP contribution in [0.4, 0.5) is 0 Å². The predicted molar refractivity (Wildman–Crippen MR) is 40.4 cm³/mol. The lowest BCUT2D eigenvalue weighted by atomic mass is 10.0. The molecule has 2 N–H and O–H groups in total. The summed E-state index contributed by atoms with van der Waals surface area (Å²) in [5, 5.41) is 0. The molecule has 0 bridgehead atoms. The van der Waals surface area contributed by atoms with Crippen molar-refractivity contribution < 1.29 is 4.79 Å². The molecule has 0 aromatic heterocycles. The van der Waals surface area contributed by atoms with Crippen molar-refractivity contribution >= 4 is 5.78 Å². The second-order valence-electron chi connectivity index (χ2n) is 2.15. The van der Waals surface area contributed by atoms with Crippen LogP contribution in [0, 0.1) is 0 Å². The number of allylic oxidation sites excluding steroid dienone is 3. The number of hydrogen-bond donors (Lipinski definition) is 1. The van der Waals surface area contributed by atoms with Crippen LogP contribution in [0.25, 0.3) is 0 Å². The first-order chi connectivity index (χ1) is 4.74. The average molecular weight is 135 g/mol. The van der Waals surface area contributed by atoms with Crippen LogP contribution in [0.1, 0.15) is 0 Å². The van der Waals surface area contributed by atoms with Crippen LogP contribution in [0.5, 0.6) is 0 Å². The van der Waals surface area contributed by atoms with E-state index in [-0.39, 0.29) is 5.78 Å². The summed E-state index contributed by atoms with van der Waals surface area (Å²) < 4.78 is 0. The van der Waals surface area contributed by atoms with Crippen molar-refractivity contribution in [2.75, 3.05) is 6.54 Å². The molecule has 0 radical (unpaired) electrons. The molecule has 0 aliphatic heterocycles. The summed E-state index contributed by atoms with van der Waals surface area (Å²) in [6.45, 7) is 4.02. The summed E-state index contributed by atoms with van der Waals surface area (Å²) in [5.41, 5.74) is 6.80. The van der Waals surface area contributed by atoms with Crippen LogP contribution in [-0.4, -0.2) is 12.3 Å². The van der Waals surface area contributed by atoms with Gasteiger partial charge in [-0.1, -0.05) is 12.7 Å². The number of rotatable bonds is 1. The van der Waals surface area contributed by atoms with Gasteiger partial charge < -0.3 is 5.73 Å². The summed E-state index contributed by atoms with van der Waals surface area (Å²) in [6, 6.07) is 0. The molecule has 0 amide bonds. The van der Waals surface area contributed by atoms with Gasteiger partial charge in [-0.15, -0.1) is 0 Å². The Bertz CT molecular complexity index is 236. The molecule has 0 fully saturated rings. The van der Waals surface area contributed by atoms with Gasteiger partial charge in [-0.3, -0.25) is 4.79 Å². The zero-order valence-corrected chi connectivity index (χ0v) is 5.63. The van der Waals surface area contributed by atoms with Crippen molar-refractivity contribution in [3.05, 3.63) is 36.0 Å². The first-order valence-corrected chi connectivity index (χ1v) is 3.06. The first kappa shape index (κ1) is 6.96. The third kappa shape index (κ3) is 1.22. The van der Waals surface area contributed by atoms with Crippen LogP contribution in [0.3, 0.4) is 0 Å². The van der Waals surface area contributed by atoms with E-state index in [2.05, 4.69) is 6.58 Å². The van der Waals surface area contributed by atoms with Gasteiger partial charge in [0.25, 0.3) is 0 Å². The van der Waals surface area contributed by atoms with E-state index >= 15 is 0 Å². The molecule has 0 heterocycles. The first-order valence-electron chi connectivity index (χ1n) is 3.06. The highest BCUT2D eigenvalue weighted by molar-refractivity contribution is 6.07. The molecule has 0 saturated heterocycles. The number of nitrogens with two attached hydrogens (primary N) is 1. The Balaban J connectivity index is 2.86. The molecule has 0 spiro atoms. The van der Waals surface area contributed by atoms with Gasteiger partial charge in [0.1, 0.15) is 0 Å². The smallest absolute Gasteiger partial charge is 0.185 e. The van der Waals surface area contributed by atoms with E-state index in [0.29, 0.717) is 12.1 Å². The summed E-state index contributed by atoms with van der Waals surface area (Å²) in [4.78, 5) is 10.8. The molecule has 10 heavy (non-hydrogen) atoms. The van der Waals surface area contributed by atoms with E-state index in [0.717, 1.165) is 5.57 Å². The highest BCUT2D eigenvalue weighted by Crippen LogP contribution is 2.09. The molecule has 0 atom stereocenters. The van der Waals surface area contributed by atoms with Gasteiger partial charge >= 0.3 is 0 Å². The Morgan fingerprint density at radius 3 is 2.70 bits per heavy atom. The molecular formula is C8H9NO. The quantitative estimate of drug-likeness (QED) is 0.534. The van der Waals surface area contributed by atoms with Crippen LogP contribution in [0.15, 0.2) is 36.0 Å². The SMILES string of the molecule is C=C1C=C(CN)C=CC1=O. The van der Waals surface area contributed by atoms with Gasteiger partial charge in [0.15, 0.2) is 5.78 Å². The number of hydrogen-bond acceptors (Lipinski definition) is 2. The van der Waals surface area contributed by atoms with Crippen molar-refractivity contribution in [1.29, 1.82) is 0 Å². The van der Waals surface area contributed by atoms with E-state index in [4.69, 9.17) is 5.73 Å². The van der Waals surface area contributed by atoms with E-state index in [9.17, 15) is 4.79 Å². The van der Waals surface area contributed by atoms with Crippen molar-refractivity contribution in [2.24, 2.45) is 5.73 Å². The Kier molecular flexibility index (Phi) is 1.83. The standard InChI is InChI=1S/C8H9NO/c1-6-4-7(5-9)2-3-8(6)10/h2-4H,1,5,9H2. The van der Waals surface area contributed by atoms with E-state index in [1.54, 1.807) is 12.2 Å². The van der Waals surface area contributed by atoms with Crippen molar-refractivity contribution in [1.82, 2.24) is 0 Å². The lowest BCUT2D eigenvalue weighted by molar-refractivity contribution is -0.111. The maximum atomic E-state index is 10.8. The largest absolute Gasteiger partial charge is 0.326 e.